The molecule has 0 aromatic carbocycles. The number of furan rings is 1. The normalized spacial score (nSPS) is 17.1. The summed E-state index contributed by atoms with van der Waals surface area (Å²) < 4.78 is 5.85. The smallest absolute Gasteiger partial charge is 0.135 e. The molecule has 0 fully saturated rings. The Hall–Kier alpha value is -1.76. The lowest BCUT2D eigenvalue weighted by molar-refractivity contribution is 0.544. The Morgan fingerprint density at radius 2 is 1.94 bits per heavy atom. The van der Waals surface area contributed by atoms with Gasteiger partial charge in [0.25, 0.3) is 0 Å². The van der Waals surface area contributed by atoms with Crippen LogP contribution in [0.4, 0.5) is 0 Å². The summed E-state index contributed by atoms with van der Waals surface area (Å²) in [6, 6.07) is 0. The Balaban J connectivity index is 2.60. The Labute approximate surface area is 103 Å². The fraction of sp³-hybridized carbons (Fsp3) is 0.250. The van der Waals surface area contributed by atoms with Crippen LogP contribution in [-0.4, -0.2) is 0 Å². The van der Waals surface area contributed by atoms with Crippen LogP contribution < -0.4 is 0 Å². The largest absolute Gasteiger partial charge is 0.456 e. The molecule has 1 aromatic heterocycles. The molecular formula is C16H18O. The van der Waals surface area contributed by atoms with E-state index in [1.807, 2.05) is 25.2 Å². The van der Waals surface area contributed by atoms with E-state index in [1.165, 1.54) is 0 Å². The van der Waals surface area contributed by atoms with Crippen molar-refractivity contribution in [3.63, 3.8) is 0 Å². The average molecular weight is 226 g/mol. The first-order valence-electron chi connectivity index (χ1n) is 5.88. The van der Waals surface area contributed by atoms with Crippen molar-refractivity contribution >= 4 is 24.3 Å². The topological polar surface area (TPSA) is 13.1 Å². The van der Waals surface area contributed by atoms with Gasteiger partial charge in [0.15, 0.2) is 0 Å². The molecule has 0 bridgehead atoms. The monoisotopic (exact) mass is 226 g/mol. The fourth-order valence-electron chi connectivity index (χ4n) is 1.92. The third-order valence-corrected chi connectivity index (χ3v) is 2.91. The van der Waals surface area contributed by atoms with Crippen LogP contribution in [0.5, 0.6) is 0 Å². The van der Waals surface area contributed by atoms with Crippen LogP contribution in [0.2, 0.25) is 0 Å². The van der Waals surface area contributed by atoms with Crippen molar-refractivity contribution in [2.75, 3.05) is 0 Å². The predicted octanol–water partition coefficient (Wildman–Crippen LogP) is 5.02. The van der Waals surface area contributed by atoms with Gasteiger partial charge in [-0.05, 0) is 19.1 Å². The molecule has 1 nitrogen and oxygen atoms in total. The Kier molecular flexibility index (Phi) is 2.93. The van der Waals surface area contributed by atoms with Gasteiger partial charge in [0.05, 0.1) is 0 Å². The third kappa shape index (κ3) is 2.19. The lowest BCUT2D eigenvalue weighted by atomic mass is 9.93. The lowest BCUT2D eigenvalue weighted by Crippen LogP contribution is -2.00. The summed E-state index contributed by atoms with van der Waals surface area (Å²) in [5.74, 6) is 1.79. The maximum absolute atomic E-state index is 5.85. The number of hydrogen-bond acceptors (Lipinski definition) is 1. The molecule has 88 valence electrons. The van der Waals surface area contributed by atoms with E-state index in [9.17, 15) is 0 Å². The summed E-state index contributed by atoms with van der Waals surface area (Å²) >= 11 is 0. The van der Waals surface area contributed by atoms with E-state index in [-0.39, 0.29) is 5.41 Å². The second-order valence-corrected chi connectivity index (χ2v) is 4.85. The maximum atomic E-state index is 5.85. The van der Waals surface area contributed by atoms with Crippen LogP contribution >= 0.6 is 0 Å². The van der Waals surface area contributed by atoms with Crippen molar-refractivity contribution in [2.45, 2.75) is 20.8 Å². The third-order valence-electron chi connectivity index (χ3n) is 2.91. The van der Waals surface area contributed by atoms with E-state index >= 15 is 0 Å². The lowest BCUT2D eigenvalue weighted by Gasteiger charge is -2.12. The zero-order chi connectivity index (χ0) is 12.5. The van der Waals surface area contributed by atoms with E-state index in [0.717, 1.165) is 22.6 Å². The van der Waals surface area contributed by atoms with E-state index in [4.69, 9.17) is 4.42 Å². The second-order valence-electron chi connectivity index (χ2n) is 4.85. The first-order chi connectivity index (χ1) is 8.07. The van der Waals surface area contributed by atoms with Gasteiger partial charge in [-0.25, -0.2) is 0 Å². The summed E-state index contributed by atoms with van der Waals surface area (Å²) in [7, 11) is 0. The van der Waals surface area contributed by atoms with E-state index in [1.54, 1.807) is 0 Å². The number of hydrogen-bond donors (Lipinski definition) is 0. The zero-order valence-electron chi connectivity index (χ0n) is 10.7. The van der Waals surface area contributed by atoms with E-state index < -0.39 is 0 Å². The van der Waals surface area contributed by atoms with E-state index in [2.05, 4.69) is 44.7 Å². The van der Waals surface area contributed by atoms with Crippen molar-refractivity contribution in [1.82, 2.24) is 0 Å². The van der Waals surface area contributed by atoms with Crippen molar-refractivity contribution in [1.29, 1.82) is 0 Å². The highest BCUT2D eigenvalue weighted by molar-refractivity contribution is 5.78. The van der Waals surface area contributed by atoms with Crippen LogP contribution in [0.15, 0.2) is 29.2 Å². The minimum atomic E-state index is 0.0702. The number of rotatable bonds is 2. The van der Waals surface area contributed by atoms with Crippen LogP contribution in [0.25, 0.3) is 24.3 Å². The predicted molar refractivity (Wildman–Crippen MR) is 75.4 cm³/mol. The molecule has 0 aliphatic heterocycles. The molecule has 0 radical (unpaired) electrons. The van der Waals surface area contributed by atoms with Crippen molar-refractivity contribution in [2.24, 2.45) is 5.41 Å². The molecule has 1 aliphatic carbocycles. The molecule has 0 amide bonds. The molecule has 1 heteroatoms. The molecule has 2 rings (SSSR count). The van der Waals surface area contributed by atoms with Crippen LogP contribution in [0.3, 0.4) is 0 Å². The second kappa shape index (κ2) is 4.25. The average Bonchev–Trinajstić information content (AvgIpc) is 2.54. The molecule has 0 atom stereocenters. The number of fused-ring (bicyclic) bond motifs is 1. The Morgan fingerprint density at radius 1 is 1.24 bits per heavy atom. The summed E-state index contributed by atoms with van der Waals surface area (Å²) in [6.45, 7) is 10.2. The van der Waals surface area contributed by atoms with Gasteiger partial charge in [-0.3, -0.25) is 0 Å². The summed E-state index contributed by atoms with van der Waals surface area (Å²) in [4.78, 5) is 0. The molecule has 1 aliphatic rings. The molecular weight excluding hydrogens is 208 g/mol. The van der Waals surface area contributed by atoms with Gasteiger partial charge in [0, 0.05) is 16.5 Å². The highest BCUT2D eigenvalue weighted by Gasteiger charge is 2.18. The summed E-state index contributed by atoms with van der Waals surface area (Å²) in [5, 5.41) is 0. The number of allylic oxidation sites excluding steroid dienone is 3. The van der Waals surface area contributed by atoms with Gasteiger partial charge in [0.2, 0.25) is 0 Å². The van der Waals surface area contributed by atoms with Crippen LogP contribution in [-0.2, 0) is 0 Å². The minimum Gasteiger partial charge on any atom is -0.456 e. The molecule has 1 aromatic rings. The Morgan fingerprint density at radius 3 is 2.59 bits per heavy atom. The fourth-order valence-corrected chi connectivity index (χ4v) is 1.92. The highest BCUT2D eigenvalue weighted by Crippen LogP contribution is 2.33. The van der Waals surface area contributed by atoms with Crippen molar-refractivity contribution in [3.8, 4) is 0 Å². The summed E-state index contributed by atoms with van der Waals surface area (Å²) in [6.07, 6.45) is 14.3. The standard InChI is InChI=1S/C16H18O/c1-5-7-14-12(6-2)13-8-10-16(3,4)11-9-15(13)17-14/h5-11H,2H2,1,3-4H3/b7-5-. The zero-order valence-corrected chi connectivity index (χ0v) is 10.7. The SMILES string of the molecule is C=Cc1c(/C=C\C)oc2c1C=CC(C)(C)C=C2. The first-order valence-corrected chi connectivity index (χ1v) is 5.88. The van der Waals surface area contributed by atoms with Gasteiger partial charge >= 0.3 is 0 Å². The van der Waals surface area contributed by atoms with Gasteiger partial charge in [-0.15, -0.1) is 0 Å². The minimum absolute atomic E-state index is 0.0702. The van der Waals surface area contributed by atoms with E-state index in [0.29, 0.717) is 0 Å². The Bertz CT molecular complexity index is 522. The molecule has 1 heterocycles. The van der Waals surface area contributed by atoms with Gasteiger partial charge in [-0.2, -0.15) is 0 Å². The van der Waals surface area contributed by atoms with Crippen molar-refractivity contribution < 1.29 is 4.42 Å². The van der Waals surface area contributed by atoms with Crippen LogP contribution in [0, 0.1) is 5.41 Å². The molecule has 0 saturated heterocycles. The van der Waals surface area contributed by atoms with Gasteiger partial charge < -0.3 is 4.42 Å². The van der Waals surface area contributed by atoms with Crippen molar-refractivity contribution in [3.05, 3.63) is 47.5 Å². The van der Waals surface area contributed by atoms with Gasteiger partial charge in [-0.1, -0.05) is 50.8 Å². The maximum Gasteiger partial charge on any atom is 0.135 e. The van der Waals surface area contributed by atoms with Crippen LogP contribution in [0.1, 0.15) is 43.4 Å². The molecule has 0 unspecified atom stereocenters. The quantitative estimate of drug-likeness (QED) is 0.690. The molecule has 0 spiro atoms. The summed E-state index contributed by atoms with van der Waals surface area (Å²) in [5.41, 5.74) is 2.26. The first kappa shape index (κ1) is 11.7. The van der Waals surface area contributed by atoms with Gasteiger partial charge in [0.1, 0.15) is 11.5 Å². The highest BCUT2D eigenvalue weighted by atomic mass is 16.3. The molecule has 17 heavy (non-hydrogen) atoms. The molecule has 0 saturated carbocycles. The molecule has 0 N–H and O–H groups in total.